The molecule has 19 heavy (non-hydrogen) atoms. The predicted molar refractivity (Wildman–Crippen MR) is 71.4 cm³/mol. The van der Waals surface area contributed by atoms with Crippen LogP contribution in [0.15, 0.2) is 30.5 Å². The molecule has 0 N–H and O–H groups in total. The van der Waals surface area contributed by atoms with Gasteiger partial charge < -0.3 is 4.74 Å². The third kappa shape index (κ3) is 2.78. The van der Waals surface area contributed by atoms with Gasteiger partial charge in [0.25, 0.3) is 0 Å². The topological polar surface area (TPSA) is 63.7 Å². The summed E-state index contributed by atoms with van der Waals surface area (Å²) in [6.07, 6.45) is 1.92. The minimum atomic E-state index is 0.0229. The molecule has 1 aromatic heterocycles. The van der Waals surface area contributed by atoms with Crippen LogP contribution in [0.5, 0.6) is 0 Å². The Kier molecular flexibility index (Phi) is 3.49. The van der Waals surface area contributed by atoms with Crippen molar-refractivity contribution in [1.82, 2.24) is 15.0 Å². The number of rotatable bonds is 3. The van der Waals surface area contributed by atoms with Crippen molar-refractivity contribution < 1.29 is 4.74 Å². The molecule has 1 aliphatic rings. The van der Waals surface area contributed by atoms with Crippen LogP contribution >= 0.6 is 11.8 Å². The number of nitriles is 1. The summed E-state index contributed by atoms with van der Waals surface area (Å²) >= 11 is 1.75. The number of thioether (sulfide) groups is 1. The van der Waals surface area contributed by atoms with Gasteiger partial charge in [-0.05, 0) is 17.7 Å². The molecule has 2 heterocycles. The van der Waals surface area contributed by atoms with Crippen molar-refractivity contribution in [3.8, 4) is 6.07 Å². The molecule has 96 valence electrons. The van der Waals surface area contributed by atoms with Gasteiger partial charge in [0, 0.05) is 5.75 Å². The second-order valence-corrected chi connectivity index (χ2v) is 5.39. The number of ether oxygens (including phenoxy) is 1. The minimum Gasteiger partial charge on any atom is -0.360 e. The Bertz CT molecular complexity index is 596. The minimum absolute atomic E-state index is 0.0229. The van der Waals surface area contributed by atoms with E-state index in [1.54, 1.807) is 16.4 Å². The standard InChI is InChI=1S/C13H12N4OS/c14-7-10-1-3-11(4-2-10)8-17-9-12(15-16-17)13-18-5-6-19-13/h1-4,9,13H,5-6,8H2/t13-/m1/s1. The average Bonchev–Trinajstić information content (AvgIpc) is 3.10. The molecule has 0 bridgehead atoms. The van der Waals surface area contributed by atoms with Gasteiger partial charge in [0.1, 0.15) is 11.1 Å². The lowest BCUT2D eigenvalue weighted by atomic mass is 10.1. The SMILES string of the molecule is N#Cc1ccc(Cn2cc([C@@H]3OCCS3)nn2)cc1. The number of hydrogen-bond donors (Lipinski definition) is 0. The Labute approximate surface area is 115 Å². The lowest BCUT2D eigenvalue weighted by Crippen LogP contribution is -2.00. The average molecular weight is 272 g/mol. The zero-order chi connectivity index (χ0) is 13.1. The summed E-state index contributed by atoms with van der Waals surface area (Å²) in [6, 6.07) is 9.59. The third-order valence-corrected chi connectivity index (χ3v) is 3.93. The fourth-order valence-electron chi connectivity index (χ4n) is 1.90. The fraction of sp³-hybridized carbons (Fsp3) is 0.308. The van der Waals surface area contributed by atoms with E-state index in [-0.39, 0.29) is 5.44 Å². The Balaban J connectivity index is 1.70. The van der Waals surface area contributed by atoms with E-state index in [0.717, 1.165) is 23.6 Å². The molecule has 1 atom stereocenters. The maximum Gasteiger partial charge on any atom is 0.148 e. The van der Waals surface area contributed by atoms with E-state index in [0.29, 0.717) is 12.1 Å². The Morgan fingerprint density at radius 3 is 2.95 bits per heavy atom. The molecule has 0 aliphatic carbocycles. The lowest BCUT2D eigenvalue weighted by molar-refractivity contribution is 0.142. The summed E-state index contributed by atoms with van der Waals surface area (Å²) in [4.78, 5) is 0. The van der Waals surface area contributed by atoms with Gasteiger partial charge in [0.2, 0.25) is 0 Å². The van der Waals surface area contributed by atoms with E-state index >= 15 is 0 Å². The van der Waals surface area contributed by atoms with Gasteiger partial charge in [-0.25, -0.2) is 4.68 Å². The van der Waals surface area contributed by atoms with E-state index in [1.165, 1.54) is 0 Å². The van der Waals surface area contributed by atoms with Gasteiger partial charge in [-0.1, -0.05) is 17.3 Å². The van der Waals surface area contributed by atoms with Crippen molar-refractivity contribution >= 4 is 11.8 Å². The van der Waals surface area contributed by atoms with Gasteiger partial charge in [-0.3, -0.25) is 0 Å². The second-order valence-electron chi connectivity index (χ2n) is 4.22. The molecule has 6 heteroatoms. The van der Waals surface area contributed by atoms with Crippen LogP contribution in [0.4, 0.5) is 0 Å². The third-order valence-electron chi connectivity index (χ3n) is 2.85. The summed E-state index contributed by atoms with van der Waals surface area (Å²) in [5, 5.41) is 17.0. The largest absolute Gasteiger partial charge is 0.360 e. The number of benzene rings is 1. The molecular weight excluding hydrogens is 260 g/mol. The highest BCUT2D eigenvalue weighted by molar-refractivity contribution is 7.99. The fourth-order valence-corrected chi connectivity index (χ4v) is 2.78. The Morgan fingerprint density at radius 1 is 1.42 bits per heavy atom. The van der Waals surface area contributed by atoms with E-state index < -0.39 is 0 Å². The van der Waals surface area contributed by atoms with Gasteiger partial charge in [-0.15, -0.1) is 16.9 Å². The van der Waals surface area contributed by atoms with E-state index in [4.69, 9.17) is 10.00 Å². The first-order valence-electron chi connectivity index (χ1n) is 5.97. The Hall–Kier alpha value is -1.84. The van der Waals surface area contributed by atoms with Crippen molar-refractivity contribution in [3.63, 3.8) is 0 Å². The first-order valence-corrected chi connectivity index (χ1v) is 7.02. The van der Waals surface area contributed by atoms with Crippen molar-refractivity contribution in [1.29, 1.82) is 5.26 Å². The van der Waals surface area contributed by atoms with Crippen LogP contribution in [-0.2, 0) is 11.3 Å². The van der Waals surface area contributed by atoms with Crippen molar-refractivity contribution in [2.75, 3.05) is 12.4 Å². The van der Waals surface area contributed by atoms with Crippen LogP contribution in [0.25, 0.3) is 0 Å². The highest BCUT2D eigenvalue weighted by atomic mass is 32.2. The summed E-state index contributed by atoms with van der Waals surface area (Å²) in [5.74, 6) is 1.01. The maximum absolute atomic E-state index is 8.75. The second kappa shape index (κ2) is 5.43. The quantitative estimate of drug-likeness (QED) is 0.854. The van der Waals surface area contributed by atoms with Gasteiger partial charge in [0.15, 0.2) is 0 Å². The van der Waals surface area contributed by atoms with Gasteiger partial charge >= 0.3 is 0 Å². The molecule has 1 aliphatic heterocycles. The van der Waals surface area contributed by atoms with Crippen LogP contribution in [-0.4, -0.2) is 27.4 Å². The number of aromatic nitrogens is 3. The summed E-state index contributed by atoms with van der Waals surface area (Å²) in [6.45, 7) is 1.42. The monoisotopic (exact) mass is 272 g/mol. The molecule has 0 unspecified atom stereocenters. The molecule has 0 spiro atoms. The molecule has 1 saturated heterocycles. The zero-order valence-corrected chi connectivity index (χ0v) is 11.0. The summed E-state index contributed by atoms with van der Waals surface area (Å²) in [5.41, 5.74) is 2.65. The van der Waals surface area contributed by atoms with Crippen LogP contribution in [0, 0.1) is 11.3 Å². The smallest absolute Gasteiger partial charge is 0.148 e. The number of nitrogens with zero attached hydrogens (tertiary/aromatic N) is 4. The highest BCUT2D eigenvalue weighted by Gasteiger charge is 2.21. The molecule has 0 amide bonds. The molecular formula is C13H12N4OS. The zero-order valence-electron chi connectivity index (χ0n) is 10.2. The van der Waals surface area contributed by atoms with Crippen LogP contribution in [0.2, 0.25) is 0 Å². The van der Waals surface area contributed by atoms with Gasteiger partial charge in [0.05, 0.1) is 31.0 Å². The Morgan fingerprint density at radius 2 is 2.26 bits per heavy atom. The lowest BCUT2D eigenvalue weighted by Gasteiger charge is -2.02. The van der Waals surface area contributed by atoms with Crippen LogP contribution in [0.1, 0.15) is 22.3 Å². The van der Waals surface area contributed by atoms with Crippen LogP contribution in [0.3, 0.4) is 0 Å². The first kappa shape index (κ1) is 12.2. The van der Waals surface area contributed by atoms with Gasteiger partial charge in [-0.2, -0.15) is 5.26 Å². The molecule has 5 nitrogen and oxygen atoms in total. The molecule has 1 aromatic carbocycles. The maximum atomic E-state index is 8.75. The molecule has 0 radical (unpaired) electrons. The first-order chi connectivity index (χ1) is 9.35. The van der Waals surface area contributed by atoms with Crippen molar-refractivity contribution in [2.45, 2.75) is 12.0 Å². The van der Waals surface area contributed by atoms with E-state index in [1.807, 2.05) is 30.5 Å². The van der Waals surface area contributed by atoms with Crippen molar-refractivity contribution in [2.24, 2.45) is 0 Å². The predicted octanol–water partition coefficient (Wildman–Crippen LogP) is 1.96. The normalized spacial score (nSPS) is 18.4. The molecule has 3 rings (SSSR count). The summed E-state index contributed by atoms with van der Waals surface area (Å²) < 4.78 is 7.33. The number of hydrogen-bond acceptors (Lipinski definition) is 5. The molecule has 1 fully saturated rings. The van der Waals surface area contributed by atoms with E-state index in [2.05, 4.69) is 16.4 Å². The molecule has 2 aromatic rings. The highest BCUT2D eigenvalue weighted by Crippen LogP contribution is 2.33. The molecule has 0 saturated carbocycles. The van der Waals surface area contributed by atoms with Crippen molar-refractivity contribution in [3.05, 3.63) is 47.3 Å². The summed E-state index contributed by atoms with van der Waals surface area (Å²) in [7, 11) is 0. The van der Waals surface area contributed by atoms with E-state index in [9.17, 15) is 0 Å². The van der Waals surface area contributed by atoms with Crippen LogP contribution < -0.4 is 0 Å².